The molecule has 2 aromatic rings. The number of aromatic nitrogens is 2. The van der Waals surface area contributed by atoms with E-state index < -0.39 is 0 Å². The molecule has 0 radical (unpaired) electrons. The molecule has 1 aromatic carbocycles. The molecule has 0 amide bonds. The van der Waals surface area contributed by atoms with Crippen molar-refractivity contribution in [1.82, 2.24) is 9.78 Å². The van der Waals surface area contributed by atoms with Crippen LogP contribution in [0.5, 0.6) is 0 Å². The first-order valence-electron chi connectivity index (χ1n) is 6.95. The number of anilines is 1. The number of nitrogens with zero attached hydrogens (tertiary/aromatic N) is 3. The van der Waals surface area contributed by atoms with Gasteiger partial charge in [-0.2, -0.15) is 5.10 Å². The van der Waals surface area contributed by atoms with E-state index in [1.54, 1.807) is 12.3 Å². The SMILES string of the molecule is Cc1ccc(C(N)Cn2ncc(N(C)C)cc2=O)cc1C. The Hall–Kier alpha value is -2.14. The van der Waals surface area contributed by atoms with E-state index in [1.807, 2.05) is 25.1 Å². The maximum atomic E-state index is 12.1. The van der Waals surface area contributed by atoms with E-state index >= 15 is 0 Å². The number of aryl methyl sites for hydroxylation is 2. The third-order valence-corrected chi connectivity index (χ3v) is 3.70. The van der Waals surface area contributed by atoms with Gasteiger partial charge in [0, 0.05) is 26.2 Å². The Labute approximate surface area is 125 Å². The molecule has 112 valence electrons. The number of rotatable bonds is 4. The molecule has 5 nitrogen and oxygen atoms in total. The van der Waals surface area contributed by atoms with Crippen molar-refractivity contribution in [2.45, 2.75) is 26.4 Å². The minimum Gasteiger partial charge on any atom is -0.376 e. The fraction of sp³-hybridized carbons (Fsp3) is 0.375. The van der Waals surface area contributed by atoms with Crippen LogP contribution in [0.2, 0.25) is 0 Å². The summed E-state index contributed by atoms with van der Waals surface area (Å²) in [6.07, 6.45) is 1.68. The third kappa shape index (κ3) is 3.49. The molecule has 21 heavy (non-hydrogen) atoms. The maximum absolute atomic E-state index is 12.1. The highest BCUT2D eigenvalue weighted by molar-refractivity contribution is 5.40. The van der Waals surface area contributed by atoms with Gasteiger partial charge in [-0.25, -0.2) is 4.68 Å². The molecule has 0 aliphatic rings. The normalized spacial score (nSPS) is 12.2. The van der Waals surface area contributed by atoms with Gasteiger partial charge in [0.25, 0.3) is 5.56 Å². The van der Waals surface area contributed by atoms with Crippen molar-refractivity contribution in [3.8, 4) is 0 Å². The zero-order valence-corrected chi connectivity index (χ0v) is 13.0. The molecular formula is C16H22N4O. The van der Waals surface area contributed by atoms with Crippen LogP contribution in [0, 0.1) is 13.8 Å². The summed E-state index contributed by atoms with van der Waals surface area (Å²) in [5.74, 6) is 0. The maximum Gasteiger partial charge on any atom is 0.268 e. The number of nitrogens with two attached hydrogens (primary N) is 1. The van der Waals surface area contributed by atoms with Gasteiger partial charge in [0.1, 0.15) is 0 Å². The van der Waals surface area contributed by atoms with Crippen molar-refractivity contribution in [2.24, 2.45) is 5.73 Å². The Kier molecular flexibility index (Phi) is 4.43. The average Bonchev–Trinajstić information content (AvgIpc) is 2.43. The lowest BCUT2D eigenvalue weighted by molar-refractivity contribution is 0.503. The number of hydrogen-bond donors (Lipinski definition) is 1. The lowest BCUT2D eigenvalue weighted by Crippen LogP contribution is -2.29. The molecule has 0 fully saturated rings. The number of hydrogen-bond acceptors (Lipinski definition) is 4. The molecule has 0 saturated heterocycles. The van der Waals surface area contributed by atoms with Crippen LogP contribution in [0.4, 0.5) is 5.69 Å². The van der Waals surface area contributed by atoms with Crippen LogP contribution in [0.1, 0.15) is 22.7 Å². The van der Waals surface area contributed by atoms with Gasteiger partial charge in [0.15, 0.2) is 0 Å². The van der Waals surface area contributed by atoms with Gasteiger partial charge in [0.2, 0.25) is 0 Å². The van der Waals surface area contributed by atoms with Gasteiger partial charge in [-0.15, -0.1) is 0 Å². The topological polar surface area (TPSA) is 64.2 Å². The average molecular weight is 286 g/mol. The first-order valence-corrected chi connectivity index (χ1v) is 6.95. The summed E-state index contributed by atoms with van der Waals surface area (Å²) in [6, 6.07) is 7.45. The quantitative estimate of drug-likeness (QED) is 0.927. The van der Waals surface area contributed by atoms with Crippen molar-refractivity contribution in [1.29, 1.82) is 0 Å². The predicted octanol–water partition coefficient (Wildman–Crippen LogP) is 1.63. The van der Waals surface area contributed by atoms with Crippen LogP contribution >= 0.6 is 0 Å². The summed E-state index contributed by atoms with van der Waals surface area (Å²) in [4.78, 5) is 13.9. The van der Waals surface area contributed by atoms with Crippen molar-refractivity contribution in [2.75, 3.05) is 19.0 Å². The lowest BCUT2D eigenvalue weighted by Gasteiger charge is -2.16. The molecule has 0 aliphatic heterocycles. The lowest BCUT2D eigenvalue weighted by atomic mass is 10.0. The second-order valence-corrected chi connectivity index (χ2v) is 5.58. The highest BCUT2D eigenvalue weighted by Gasteiger charge is 2.10. The fourth-order valence-electron chi connectivity index (χ4n) is 2.09. The Morgan fingerprint density at radius 3 is 2.52 bits per heavy atom. The van der Waals surface area contributed by atoms with E-state index in [2.05, 4.69) is 31.1 Å². The van der Waals surface area contributed by atoms with Crippen molar-refractivity contribution < 1.29 is 0 Å². The minimum absolute atomic E-state index is 0.138. The third-order valence-electron chi connectivity index (χ3n) is 3.70. The Bertz CT molecular complexity index is 691. The van der Waals surface area contributed by atoms with Crippen LogP contribution in [0.25, 0.3) is 0 Å². The highest BCUT2D eigenvalue weighted by atomic mass is 16.1. The Morgan fingerprint density at radius 1 is 1.24 bits per heavy atom. The molecule has 2 N–H and O–H groups in total. The molecule has 1 heterocycles. The molecule has 0 bridgehead atoms. The molecule has 1 unspecified atom stereocenters. The van der Waals surface area contributed by atoms with Crippen LogP contribution in [0.3, 0.4) is 0 Å². The molecule has 1 aromatic heterocycles. The highest BCUT2D eigenvalue weighted by Crippen LogP contribution is 2.16. The molecular weight excluding hydrogens is 264 g/mol. The second-order valence-electron chi connectivity index (χ2n) is 5.58. The molecule has 0 saturated carbocycles. The van der Waals surface area contributed by atoms with Gasteiger partial charge in [0.05, 0.1) is 18.4 Å². The van der Waals surface area contributed by atoms with E-state index in [0.717, 1.165) is 11.3 Å². The molecule has 2 rings (SSSR count). The summed E-state index contributed by atoms with van der Waals surface area (Å²) in [5.41, 5.74) is 10.3. The summed E-state index contributed by atoms with van der Waals surface area (Å²) >= 11 is 0. The van der Waals surface area contributed by atoms with E-state index in [1.165, 1.54) is 15.8 Å². The minimum atomic E-state index is -0.250. The summed E-state index contributed by atoms with van der Waals surface area (Å²) in [7, 11) is 3.75. The Balaban J connectivity index is 2.21. The van der Waals surface area contributed by atoms with Crippen molar-refractivity contribution in [3.05, 3.63) is 57.5 Å². The van der Waals surface area contributed by atoms with E-state index in [-0.39, 0.29) is 11.6 Å². The van der Waals surface area contributed by atoms with Crippen LogP contribution in [0.15, 0.2) is 35.3 Å². The first kappa shape index (κ1) is 15.3. The van der Waals surface area contributed by atoms with Gasteiger partial charge >= 0.3 is 0 Å². The van der Waals surface area contributed by atoms with Gasteiger partial charge in [-0.3, -0.25) is 4.79 Å². The zero-order valence-electron chi connectivity index (χ0n) is 13.0. The number of benzene rings is 1. The first-order chi connectivity index (χ1) is 9.88. The van der Waals surface area contributed by atoms with Crippen LogP contribution < -0.4 is 16.2 Å². The van der Waals surface area contributed by atoms with Crippen LogP contribution in [-0.2, 0) is 6.54 Å². The summed E-state index contributed by atoms with van der Waals surface area (Å²) in [6.45, 7) is 4.49. The zero-order chi connectivity index (χ0) is 15.6. The van der Waals surface area contributed by atoms with E-state index in [9.17, 15) is 4.79 Å². The molecule has 0 spiro atoms. The van der Waals surface area contributed by atoms with E-state index in [4.69, 9.17) is 5.73 Å². The standard InChI is InChI=1S/C16H22N4O/c1-11-5-6-13(7-12(11)2)15(17)10-20-16(21)8-14(9-18-20)19(3)4/h5-9,15H,10,17H2,1-4H3. The van der Waals surface area contributed by atoms with Gasteiger partial charge in [-0.1, -0.05) is 18.2 Å². The predicted molar refractivity (Wildman–Crippen MR) is 85.7 cm³/mol. The van der Waals surface area contributed by atoms with Crippen molar-refractivity contribution >= 4 is 5.69 Å². The van der Waals surface area contributed by atoms with E-state index in [0.29, 0.717) is 6.54 Å². The fourth-order valence-corrected chi connectivity index (χ4v) is 2.09. The van der Waals surface area contributed by atoms with Gasteiger partial charge in [-0.05, 0) is 30.5 Å². The van der Waals surface area contributed by atoms with Crippen molar-refractivity contribution in [3.63, 3.8) is 0 Å². The molecule has 5 heteroatoms. The molecule has 1 atom stereocenters. The Morgan fingerprint density at radius 2 is 1.95 bits per heavy atom. The summed E-state index contributed by atoms with van der Waals surface area (Å²) in [5, 5.41) is 4.19. The smallest absolute Gasteiger partial charge is 0.268 e. The van der Waals surface area contributed by atoms with Gasteiger partial charge < -0.3 is 10.6 Å². The monoisotopic (exact) mass is 286 g/mol. The second kappa shape index (κ2) is 6.10. The summed E-state index contributed by atoms with van der Waals surface area (Å²) < 4.78 is 1.41. The molecule has 0 aliphatic carbocycles. The van der Waals surface area contributed by atoms with Crippen LogP contribution in [-0.4, -0.2) is 23.9 Å². The largest absolute Gasteiger partial charge is 0.376 e.